The van der Waals surface area contributed by atoms with Crippen molar-refractivity contribution >= 4 is 41.5 Å². The van der Waals surface area contributed by atoms with Crippen molar-refractivity contribution in [1.29, 1.82) is 0 Å². The maximum absolute atomic E-state index is 11.8. The SMILES string of the molecule is CCCNCCNC(=O)C(C)Oc1ccc(Cl)c(Cl)c1.Cl. The number of hydrogen-bond donors (Lipinski definition) is 2. The minimum absolute atomic E-state index is 0. The van der Waals surface area contributed by atoms with Gasteiger partial charge in [0, 0.05) is 19.2 Å². The molecule has 0 fully saturated rings. The molecule has 1 atom stereocenters. The molecule has 1 amide bonds. The Hall–Kier alpha value is -0.680. The van der Waals surface area contributed by atoms with Crippen LogP contribution < -0.4 is 15.4 Å². The van der Waals surface area contributed by atoms with E-state index in [-0.39, 0.29) is 18.3 Å². The molecule has 0 aliphatic rings. The van der Waals surface area contributed by atoms with Crippen molar-refractivity contribution in [3.8, 4) is 5.75 Å². The summed E-state index contributed by atoms with van der Waals surface area (Å²) in [5, 5.41) is 6.87. The highest BCUT2D eigenvalue weighted by atomic mass is 35.5. The molecule has 7 heteroatoms. The first-order chi connectivity index (χ1) is 9.54. The Kier molecular flexibility index (Phi) is 10.6. The highest BCUT2D eigenvalue weighted by molar-refractivity contribution is 6.42. The largest absolute Gasteiger partial charge is 0.481 e. The minimum Gasteiger partial charge on any atom is -0.481 e. The normalized spacial score (nSPS) is 11.4. The van der Waals surface area contributed by atoms with Gasteiger partial charge in [0.25, 0.3) is 5.91 Å². The molecular weight excluding hydrogens is 335 g/mol. The molecule has 0 saturated carbocycles. The van der Waals surface area contributed by atoms with E-state index in [0.29, 0.717) is 22.3 Å². The second-order valence-corrected chi connectivity index (χ2v) is 5.19. The van der Waals surface area contributed by atoms with Gasteiger partial charge in [-0.3, -0.25) is 4.79 Å². The number of carbonyl (C=O) groups excluding carboxylic acids is 1. The molecule has 0 spiro atoms. The summed E-state index contributed by atoms with van der Waals surface area (Å²) in [5.74, 6) is 0.362. The van der Waals surface area contributed by atoms with Crippen LogP contribution >= 0.6 is 35.6 Å². The van der Waals surface area contributed by atoms with Crippen molar-refractivity contribution in [2.45, 2.75) is 26.4 Å². The molecule has 1 unspecified atom stereocenters. The predicted molar refractivity (Wildman–Crippen MR) is 90.0 cm³/mol. The Morgan fingerprint density at radius 1 is 1.24 bits per heavy atom. The summed E-state index contributed by atoms with van der Waals surface area (Å²) in [6.07, 6.45) is 0.489. The molecule has 1 aromatic carbocycles. The third-order valence-electron chi connectivity index (χ3n) is 2.60. The van der Waals surface area contributed by atoms with Crippen molar-refractivity contribution in [1.82, 2.24) is 10.6 Å². The lowest BCUT2D eigenvalue weighted by molar-refractivity contribution is -0.127. The minimum atomic E-state index is -0.585. The monoisotopic (exact) mass is 354 g/mol. The second-order valence-electron chi connectivity index (χ2n) is 4.38. The second kappa shape index (κ2) is 11.0. The first-order valence-corrected chi connectivity index (χ1v) is 7.40. The van der Waals surface area contributed by atoms with E-state index in [1.807, 2.05) is 0 Å². The lowest BCUT2D eigenvalue weighted by Crippen LogP contribution is -2.39. The van der Waals surface area contributed by atoms with Crippen molar-refractivity contribution in [2.75, 3.05) is 19.6 Å². The third kappa shape index (κ3) is 7.77. The zero-order valence-electron chi connectivity index (χ0n) is 12.1. The molecule has 0 heterocycles. The van der Waals surface area contributed by atoms with Crippen LogP contribution in [0.2, 0.25) is 10.0 Å². The molecule has 0 saturated heterocycles. The summed E-state index contributed by atoms with van der Waals surface area (Å²) in [6.45, 7) is 6.06. The van der Waals surface area contributed by atoms with Crippen LogP contribution in [0.5, 0.6) is 5.75 Å². The fourth-order valence-electron chi connectivity index (χ4n) is 1.53. The van der Waals surface area contributed by atoms with Gasteiger partial charge in [-0.25, -0.2) is 0 Å². The fourth-order valence-corrected chi connectivity index (χ4v) is 1.82. The topological polar surface area (TPSA) is 50.4 Å². The highest BCUT2D eigenvalue weighted by Crippen LogP contribution is 2.26. The van der Waals surface area contributed by atoms with Crippen molar-refractivity contribution in [3.05, 3.63) is 28.2 Å². The highest BCUT2D eigenvalue weighted by Gasteiger charge is 2.14. The average Bonchev–Trinajstić information content (AvgIpc) is 2.42. The van der Waals surface area contributed by atoms with Crippen LogP contribution in [-0.2, 0) is 4.79 Å². The van der Waals surface area contributed by atoms with E-state index in [4.69, 9.17) is 27.9 Å². The van der Waals surface area contributed by atoms with Gasteiger partial charge in [0.1, 0.15) is 5.75 Å². The number of rotatable bonds is 8. The third-order valence-corrected chi connectivity index (χ3v) is 3.34. The molecule has 0 aliphatic heterocycles. The van der Waals surface area contributed by atoms with Crippen LogP contribution in [-0.4, -0.2) is 31.6 Å². The van der Waals surface area contributed by atoms with Crippen molar-refractivity contribution < 1.29 is 9.53 Å². The predicted octanol–water partition coefficient (Wildman–Crippen LogP) is 3.30. The molecule has 0 aromatic heterocycles. The summed E-state index contributed by atoms with van der Waals surface area (Å²) < 4.78 is 5.51. The Balaban J connectivity index is 0.00000400. The maximum Gasteiger partial charge on any atom is 0.260 e. The molecule has 1 rings (SSSR count). The average molecular weight is 356 g/mol. The van der Waals surface area contributed by atoms with Crippen LogP contribution in [0.3, 0.4) is 0 Å². The Bertz CT molecular complexity index is 444. The van der Waals surface area contributed by atoms with Crippen molar-refractivity contribution in [3.63, 3.8) is 0 Å². The van der Waals surface area contributed by atoms with Gasteiger partial charge in [-0.1, -0.05) is 30.1 Å². The van der Waals surface area contributed by atoms with Crippen LogP contribution in [0.25, 0.3) is 0 Å². The fraction of sp³-hybridized carbons (Fsp3) is 0.500. The number of amides is 1. The summed E-state index contributed by atoms with van der Waals surface area (Å²) in [5.41, 5.74) is 0. The number of carbonyl (C=O) groups is 1. The van der Waals surface area contributed by atoms with E-state index in [2.05, 4.69) is 17.6 Å². The number of hydrogen-bond acceptors (Lipinski definition) is 3. The van der Waals surface area contributed by atoms with E-state index in [1.165, 1.54) is 0 Å². The molecular formula is C14H21Cl3N2O2. The van der Waals surface area contributed by atoms with E-state index in [9.17, 15) is 4.79 Å². The Morgan fingerprint density at radius 3 is 2.57 bits per heavy atom. The lowest BCUT2D eigenvalue weighted by atomic mass is 10.3. The first-order valence-electron chi connectivity index (χ1n) is 6.64. The standard InChI is InChI=1S/C14H20Cl2N2O2.ClH/c1-3-6-17-7-8-18-14(19)10(2)20-11-4-5-12(15)13(16)9-11;/h4-5,9-10,17H,3,6-8H2,1-2H3,(H,18,19);1H. The summed E-state index contributed by atoms with van der Waals surface area (Å²) in [7, 11) is 0. The number of ether oxygens (including phenoxy) is 1. The van der Waals surface area contributed by atoms with Gasteiger partial charge in [0.05, 0.1) is 10.0 Å². The number of benzene rings is 1. The smallest absolute Gasteiger partial charge is 0.260 e. The van der Waals surface area contributed by atoms with E-state index < -0.39 is 6.10 Å². The Labute approximate surface area is 141 Å². The maximum atomic E-state index is 11.8. The van der Waals surface area contributed by atoms with Gasteiger partial charge >= 0.3 is 0 Å². The molecule has 0 bridgehead atoms. The van der Waals surface area contributed by atoms with Crippen LogP contribution in [0.4, 0.5) is 0 Å². The van der Waals surface area contributed by atoms with Gasteiger partial charge in [0.2, 0.25) is 0 Å². The van der Waals surface area contributed by atoms with Gasteiger partial charge in [-0.05, 0) is 32.0 Å². The number of halogens is 3. The van der Waals surface area contributed by atoms with E-state index in [0.717, 1.165) is 19.5 Å². The lowest BCUT2D eigenvalue weighted by Gasteiger charge is -2.15. The van der Waals surface area contributed by atoms with Crippen LogP contribution in [0.15, 0.2) is 18.2 Å². The molecule has 0 aliphatic carbocycles. The molecule has 4 nitrogen and oxygen atoms in total. The van der Waals surface area contributed by atoms with E-state index in [1.54, 1.807) is 25.1 Å². The summed E-state index contributed by atoms with van der Waals surface area (Å²) >= 11 is 11.7. The van der Waals surface area contributed by atoms with Gasteiger partial charge < -0.3 is 15.4 Å². The van der Waals surface area contributed by atoms with Crippen LogP contribution in [0, 0.1) is 0 Å². The quantitative estimate of drug-likeness (QED) is 0.704. The zero-order valence-corrected chi connectivity index (χ0v) is 14.4. The molecule has 0 radical (unpaired) electrons. The molecule has 120 valence electrons. The molecule has 2 N–H and O–H groups in total. The first kappa shape index (κ1) is 20.3. The van der Waals surface area contributed by atoms with Gasteiger partial charge in [-0.2, -0.15) is 0 Å². The van der Waals surface area contributed by atoms with Crippen LogP contribution in [0.1, 0.15) is 20.3 Å². The Morgan fingerprint density at radius 2 is 1.95 bits per heavy atom. The summed E-state index contributed by atoms with van der Waals surface area (Å²) in [4.78, 5) is 11.8. The number of nitrogens with one attached hydrogen (secondary N) is 2. The zero-order chi connectivity index (χ0) is 15.0. The summed E-state index contributed by atoms with van der Waals surface area (Å²) in [6, 6.07) is 4.91. The molecule has 21 heavy (non-hydrogen) atoms. The van der Waals surface area contributed by atoms with Gasteiger partial charge in [-0.15, -0.1) is 12.4 Å². The van der Waals surface area contributed by atoms with Crippen molar-refractivity contribution in [2.24, 2.45) is 0 Å². The molecule has 1 aromatic rings. The van der Waals surface area contributed by atoms with E-state index >= 15 is 0 Å². The van der Waals surface area contributed by atoms with Gasteiger partial charge in [0.15, 0.2) is 6.10 Å².